The Kier molecular flexibility index (Phi) is 7.46. The fraction of sp³-hybridized carbons (Fsp3) is 0.583. The predicted octanol–water partition coefficient (Wildman–Crippen LogP) is 3.61. The molecule has 0 aliphatic rings. The number of nitrogens with one attached hydrogen (secondary N) is 1. The molecule has 8 heteroatoms. The lowest BCUT2D eigenvalue weighted by Crippen LogP contribution is -2.37. The van der Waals surface area contributed by atoms with Crippen molar-refractivity contribution in [3.8, 4) is 0 Å². The third-order valence-electron chi connectivity index (χ3n) is 6.53. The SMILES string of the molecule is CCC[C@H](c1nnnn1C(C)(C)CC)N(CCO)Cc1cc2cc(C)c(C)cc2[nH]c1=O. The van der Waals surface area contributed by atoms with Crippen LogP contribution in [0.1, 0.15) is 75.5 Å². The number of aliphatic hydroxyl groups is 1. The minimum absolute atomic E-state index is 0.0112. The van der Waals surface area contributed by atoms with Crippen molar-refractivity contribution in [2.24, 2.45) is 0 Å². The van der Waals surface area contributed by atoms with Crippen molar-refractivity contribution in [1.29, 1.82) is 0 Å². The largest absolute Gasteiger partial charge is 0.395 e. The molecule has 32 heavy (non-hydrogen) atoms. The molecule has 0 fully saturated rings. The molecule has 2 heterocycles. The molecule has 0 unspecified atom stereocenters. The zero-order valence-corrected chi connectivity index (χ0v) is 20.1. The predicted molar refractivity (Wildman–Crippen MR) is 127 cm³/mol. The molecule has 1 aromatic carbocycles. The maximum atomic E-state index is 12.9. The normalized spacial score (nSPS) is 13.2. The number of fused-ring (bicyclic) bond motifs is 1. The van der Waals surface area contributed by atoms with Gasteiger partial charge < -0.3 is 10.1 Å². The van der Waals surface area contributed by atoms with Gasteiger partial charge in [0.05, 0.1) is 18.2 Å². The van der Waals surface area contributed by atoms with Crippen LogP contribution in [-0.4, -0.2) is 48.3 Å². The first-order valence-electron chi connectivity index (χ1n) is 11.5. The van der Waals surface area contributed by atoms with Crippen LogP contribution in [0.5, 0.6) is 0 Å². The Labute approximate surface area is 189 Å². The second kappa shape index (κ2) is 9.92. The highest BCUT2D eigenvalue weighted by atomic mass is 16.3. The monoisotopic (exact) mass is 440 g/mol. The molecule has 0 saturated carbocycles. The molecule has 0 aliphatic carbocycles. The maximum absolute atomic E-state index is 12.9. The van der Waals surface area contributed by atoms with Crippen LogP contribution in [0.4, 0.5) is 0 Å². The van der Waals surface area contributed by atoms with E-state index in [1.807, 2.05) is 23.7 Å². The first kappa shape index (κ1) is 24.1. The number of hydrogen-bond donors (Lipinski definition) is 2. The van der Waals surface area contributed by atoms with Gasteiger partial charge in [0, 0.05) is 24.2 Å². The van der Waals surface area contributed by atoms with Crippen molar-refractivity contribution in [3.63, 3.8) is 0 Å². The van der Waals surface area contributed by atoms with E-state index in [-0.39, 0.29) is 23.7 Å². The van der Waals surface area contributed by atoms with Gasteiger partial charge in [-0.3, -0.25) is 9.69 Å². The van der Waals surface area contributed by atoms with Crippen LogP contribution in [0, 0.1) is 13.8 Å². The number of aliphatic hydroxyl groups excluding tert-OH is 1. The van der Waals surface area contributed by atoms with E-state index in [0.717, 1.165) is 41.6 Å². The average Bonchev–Trinajstić information content (AvgIpc) is 3.24. The van der Waals surface area contributed by atoms with E-state index in [1.165, 1.54) is 5.56 Å². The van der Waals surface area contributed by atoms with E-state index < -0.39 is 0 Å². The van der Waals surface area contributed by atoms with Crippen LogP contribution in [0.3, 0.4) is 0 Å². The lowest BCUT2D eigenvalue weighted by molar-refractivity contribution is 0.122. The lowest BCUT2D eigenvalue weighted by atomic mass is 10.0. The highest BCUT2D eigenvalue weighted by Crippen LogP contribution is 2.29. The van der Waals surface area contributed by atoms with Gasteiger partial charge in [-0.15, -0.1) is 5.10 Å². The third kappa shape index (κ3) is 4.91. The molecule has 0 aliphatic heterocycles. The molecule has 2 N–H and O–H groups in total. The van der Waals surface area contributed by atoms with Gasteiger partial charge in [-0.2, -0.15) is 0 Å². The summed E-state index contributed by atoms with van der Waals surface area (Å²) in [5.74, 6) is 0.774. The number of H-pyrrole nitrogens is 1. The number of aryl methyl sites for hydroxylation is 2. The molecule has 8 nitrogen and oxygen atoms in total. The third-order valence-corrected chi connectivity index (χ3v) is 6.53. The fourth-order valence-electron chi connectivity index (χ4n) is 4.06. The minimum Gasteiger partial charge on any atom is -0.395 e. The zero-order valence-electron chi connectivity index (χ0n) is 20.1. The Hall–Kier alpha value is -2.58. The summed E-state index contributed by atoms with van der Waals surface area (Å²) in [6, 6.07) is 5.98. The summed E-state index contributed by atoms with van der Waals surface area (Å²) in [5.41, 5.74) is 3.51. The van der Waals surface area contributed by atoms with Crippen molar-refractivity contribution >= 4 is 10.9 Å². The Balaban J connectivity index is 2.03. The zero-order chi connectivity index (χ0) is 23.5. The van der Waals surface area contributed by atoms with E-state index in [2.05, 4.69) is 66.1 Å². The minimum atomic E-state index is -0.231. The molecule has 174 valence electrons. The van der Waals surface area contributed by atoms with Crippen molar-refractivity contribution in [3.05, 3.63) is 51.1 Å². The maximum Gasteiger partial charge on any atom is 0.252 e. The molecule has 0 amide bonds. The van der Waals surface area contributed by atoms with Crippen molar-refractivity contribution in [2.45, 2.75) is 78.9 Å². The van der Waals surface area contributed by atoms with Crippen LogP contribution in [-0.2, 0) is 12.1 Å². The molecule has 0 saturated heterocycles. The number of hydrogen-bond acceptors (Lipinski definition) is 6. The van der Waals surface area contributed by atoms with E-state index in [9.17, 15) is 9.90 Å². The number of rotatable bonds is 10. The summed E-state index contributed by atoms with van der Waals surface area (Å²) in [5, 5.41) is 23.5. The Bertz CT molecular complexity index is 1120. The molecular weight excluding hydrogens is 404 g/mol. The van der Waals surface area contributed by atoms with Gasteiger partial charge in [-0.1, -0.05) is 20.3 Å². The highest BCUT2D eigenvalue weighted by Gasteiger charge is 2.31. The summed E-state index contributed by atoms with van der Waals surface area (Å²) in [4.78, 5) is 18.1. The van der Waals surface area contributed by atoms with Crippen LogP contribution in [0.15, 0.2) is 23.0 Å². The summed E-state index contributed by atoms with van der Waals surface area (Å²) >= 11 is 0. The molecule has 0 radical (unpaired) electrons. The lowest BCUT2D eigenvalue weighted by Gasteiger charge is -2.33. The van der Waals surface area contributed by atoms with Gasteiger partial charge in [-0.25, -0.2) is 4.68 Å². The fourth-order valence-corrected chi connectivity index (χ4v) is 4.06. The first-order valence-corrected chi connectivity index (χ1v) is 11.5. The van der Waals surface area contributed by atoms with Crippen molar-refractivity contribution < 1.29 is 5.11 Å². The standard InChI is InChI=1S/C24H36N6O2/c1-7-9-21(22-26-27-28-30(22)24(5,6)8-2)29(10-11-31)15-19-14-18-12-16(3)17(4)13-20(18)25-23(19)32/h12-14,21,31H,7-11,15H2,1-6H3,(H,25,32)/t21-/m1/s1. The van der Waals surface area contributed by atoms with E-state index in [1.54, 1.807) is 0 Å². The number of aromatic nitrogens is 5. The van der Waals surface area contributed by atoms with E-state index in [0.29, 0.717) is 18.7 Å². The summed E-state index contributed by atoms with van der Waals surface area (Å²) < 4.78 is 1.90. The van der Waals surface area contributed by atoms with Crippen molar-refractivity contribution in [2.75, 3.05) is 13.2 Å². The Morgan fingerprint density at radius 2 is 1.91 bits per heavy atom. The van der Waals surface area contributed by atoms with Crippen LogP contribution >= 0.6 is 0 Å². The first-order chi connectivity index (χ1) is 15.2. The molecule has 3 rings (SSSR count). The van der Waals surface area contributed by atoms with Gasteiger partial charge in [0.25, 0.3) is 5.56 Å². The van der Waals surface area contributed by atoms with Crippen LogP contribution in [0.25, 0.3) is 10.9 Å². The van der Waals surface area contributed by atoms with Gasteiger partial charge in [0.15, 0.2) is 5.82 Å². The topological polar surface area (TPSA) is 99.9 Å². The van der Waals surface area contributed by atoms with Crippen LogP contribution in [0.2, 0.25) is 0 Å². The van der Waals surface area contributed by atoms with Gasteiger partial charge in [-0.05, 0) is 85.7 Å². The van der Waals surface area contributed by atoms with E-state index >= 15 is 0 Å². The Morgan fingerprint density at radius 1 is 1.19 bits per heavy atom. The van der Waals surface area contributed by atoms with Gasteiger partial charge in [0.1, 0.15) is 0 Å². The number of benzene rings is 1. The molecule has 3 aromatic rings. The Morgan fingerprint density at radius 3 is 2.56 bits per heavy atom. The molecule has 0 bridgehead atoms. The summed E-state index contributed by atoms with van der Waals surface area (Å²) in [7, 11) is 0. The van der Waals surface area contributed by atoms with Gasteiger partial charge in [0.2, 0.25) is 0 Å². The van der Waals surface area contributed by atoms with Gasteiger partial charge >= 0.3 is 0 Å². The number of aromatic amines is 1. The number of pyridine rings is 1. The van der Waals surface area contributed by atoms with Crippen LogP contribution < -0.4 is 5.56 Å². The smallest absolute Gasteiger partial charge is 0.252 e. The second-order valence-electron chi connectivity index (χ2n) is 9.26. The average molecular weight is 441 g/mol. The van der Waals surface area contributed by atoms with Crippen molar-refractivity contribution in [1.82, 2.24) is 30.1 Å². The second-order valence-corrected chi connectivity index (χ2v) is 9.26. The molecule has 0 spiro atoms. The summed E-state index contributed by atoms with van der Waals surface area (Å²) in [6.07, 6.45) is 2.63. The number of nitrogens with zero attached hydrogens (tertiary/aromatic N) is 5. The summed E-state index contributed by atoms with van der Waals surface area (Å²) in [6.45, 7) is 13.4. The molecular formula is C24H36N6O2. The number of tetrazole rings is 1. The molecule has 1 atom stereocenters. The quantitative estimate of drug-likeness (QED) is 0.500. The van der Waals surface area contributed by atoms with E-state index in [4.69, 9.17) is 0 Å². The highest BCUT2D eigenvalue weighted by molar-refractivity contribution is 5.80. The molecule has 2 aromatic heterocycles.